The second kappa shape index (κ2) is 6.72. The molecule has 0 radical (unpaired) electrons. The molecular formula is C15H16BrNO3. The Morgan fingerprint density at radius 1 is 1.15 bits per heavy atom. The van der Waals surface area contributed by atoms with Crippen LogP contribution in [0, 0.1) is 0 Å². The maximum absolute atomic E-state index is 10.5. The van der Waals surface area contributed by atoms with Gasteiger partial charge in [0.1, 0.15) is 11.5 Å². The van der Waals surface area contributed by atoms with E-state index in [-0.39, 0.29) is 0 Å². The predicted octanol–water partition coefficient (Wildman–Crippen LogP) is 3.14. The van der Waals surface area contributed by atoms with E-state index in [1.165, 1.54) is 0 Å². The Bertz CT molecular complexity index is 550. The molecule has 5 heteroatoms. The average molecular weight is 338 g/mol. The van der Waals surface area contributed by atoms with E-state index in [0.29, 0.717) is 23.5 Å². The van der Waals surface area contributed by atoms with Gasteiger partial charge < -0.3 is 14.6 Å². The van der Waals surface area contributed by atoms with Gasteiger partial charge in [0.2, 0.25) is 0 Å². The summed E-state index contributed by atoms with van der Waals surface area (Å²) in [5, 5.41) is 10.5. The Morgan fingerprint density at radius 3 is 2.30 bits per heavy atom. The third-order valence-corrected chi connectivity index (χ3v) is 3.46. The lowest BCUT2D eigenvalue weighted by molar-refractivity contribution is 0.168. The van der Waals surface area contributed by atoms with Crippen LogP contribution in [0.3, 0.4) is 0 Å². The lowest BCUT2D eigenvalue weighted by atomic mass is 10.0. The van der Waals surface area contributed by atoms with Gasteiger partial charge in [-0.3, -0.25) is 4.98 Å². The fourth-order valence-corrected chi connectivity index (χ4v) is 2.27. The Labute approximate surface area is 126 Å². The summed E-state index contributed by atoms with van der Waals surface area (Å²) in [4.78, 5) is 4.27. The molecule has 1 aromatic carbocycles. The van der Waals surface area contributed by atoms with Crippen LogP contribution in [0.4, 0.5) is 0 Å². The number of aliphatic hydroxyl groups excluding tert-OH is 1. The first kappa shape index (κ1) is 14.8. The highest BCUT2D eigenvalue weighted by molar-refractivity contribution is 9.10. The fourth-order valence-electron chi connectivity index (χ4n) is 2.04. The van der Waals surface area contributed by atoms with Crippen molar-refractivity contribution >= 4 is 15.9 Å². The molecule has 106 valence electrons. The highest BCUT2D eigenvalue weighted by atomic mass is 79.9. The molecule has 0 spiro atoms. The highest BCUT2D eigenvalue weighted by Gasteiger charge is 2.19. The standard InChI is InChI=1S/C15H16BrNO3/c1-19-13-4-3-5-14(20-2)15(13)12(18)8-11-7-6-10(16)9-17-11/h3-7,9,12,18H,8H2,1-2H3. The van der Waals surface area contributed by atoms with E-state index in [0.717, 1.165) is 10.2 Å². The molecule has 0 saturated heterocycles. The van der Waals surface area contributed by atoms with E-state index in [1.54, 1.807) is 32.5 Å². The zero-order valence-corrected chi connectivity index (χ0v) is 12.9. The summed E-state index contributed by atoms with van der Waals surface area (Å²) in [6.07, 6.45) is 1.36. The number of aromatic nitrogens is 1. The number of hydrogen-bond donors (Lipinski definition) is 1. The summed E-state index contributed by atoms with van der Waals surface area (Å²) < 4.78 is 11.5. The Balaban J connectivity index is 2.28. The minimum absolute atomic E-state index is 0.393. The van der Waals surface area contributed by atoms with Gasteiger partial charge in [-0.15, -0.1) is 0 Å². The maximum atomic E-state index is 10.5. The molecule has 0 bridgehead atoms. The van der Waals surface area contributed by atoms with E-state index in [1.807, 2.05) is 18.2 Å². The van der Waals surface area contributed by atoms with Gasteiger partial charge in [0.15, 0.2) is 0 Å². The van der Waals surface area contributed by atoms with E-state index in [4.69, 9.17) is 9.47 Å². The van der Waals surface area contributed by atoms with Crippen LogP contribution >= 0.6 is 15.9 Å². The average Bonchev–Trinajstić information content (AvgIpc) is 2.48. The summed E-state index contributed by atoms with van der Waals surface area (Å²) in [5.41, 5.74) is 1.44. The molecule has 0 fully saturated rings. The van der Waals surface area contributed by atoms with E-state index in [9.17, 15) is 5.11 Å². The molecule has 0 aliphatic carbocycles. The van der Waals surface area contributed by atoms with Crippen LogP contribution < -0.4 is 9.47 Å². The SMILES string of the molecule is COc1cccc(OC)c1C(O)Cc1ccc(Br)cn1. The number of halogens is 1. The number of pyridine rings is 1. The van der Waals surface area contributed by atoms with Gasteiger partial charge in [0, 0.05) is 22.8 Å². The first-order valence-electron chi connectivity index (χ1n) is 6.15. The van der Waals surface area contributed by atoms with Crippen LogP contribution in [-0.2, 0) is 6.42 Å². The monoisotopic (exact) mass is 337 g/mol. The lowest BCUT2D eigenvalue weighted by Crippen LogP contribution is -2.07. The first-order chi connectivity index (χ1) is 9.65. The van der Waals surface area contributed by atoms with Crippen molar-refractivity contribution < 1.29 is 14.6 Å². The van der Waals surface area contributed by atoms with E-state index >= 15 is 0 Å². The second-order valence-electron chi connectivity index (χ2n) is 4.26. The number of aliphatic hydroxyl groups is 1. The van der Waals surface area contributed by atoms with Gasteiger partial charge in [-0.2, -0.15) is 0 Å². The molecule has 2 aromatic rings. The number of methoxy groups -OCH3 is 2. The van der Waals surface area contributed by atoms with Crippen molar-refractivity contribution in [2.75, 3.05) is 14.2 Å². The van der Waals surface area contributed by atoms with Crippen LogP contribution in [0.1, 0.15) is 17.4 Å². The Hall–Kier alpha value is -1.59. The molecule has 1 unspecified atom stereocenters. The molecule has 1 N–H and O–H groups in total. The molecular weight excluding hydrogens is 322 g/mol. The molecule has 0 saturated carbocycles. The zero-order valence-electron chi connectivity index (χ0n) is 11.3. The van der Waals surface area contributed by atoms with E-state index in [2.05, 4.69) is 20.9 Å². The van der Waals surface area contributed by atoms with Crippen molar-refractivity contribution in [1.82, 2.24) is 4.98 Å². The number of hydrogen-bond acceptors (Lipinski definition) is 4. The highest BCUT2D eigenvalue weighted by Crippen LogP contribution is 2.35. The summed E-state index contributed by atoms with van der Waals surface area (Å²) in [5.74, 6) is 1.21. The topological polar surface area (TPSA) is 51.6 Å². The molecule has 1 heterocycles. The number of rotatable bonds is 5. The minimum Gasteiger partial charge on any atom is -0.496 e. The van der Waals surface area contributed by atoms with Gasteiger partial charge in [-0.05, 0) is 40.2 Å². The molecule has 4 nitrogen and oxygen atoms in total. The smallest absolute Gasteiger partial charge is 0.128 e. The zero-order chi connectivity index (χ0) is 14.5. The summed E-state index contributed by atoms with van der Waals surface area (Å²) in [6, 6.07) is 9.20. The normalized spacial score (nSPS) is 12.0. The van der Waals surface area contributed by atoms with Gasteiger partial charge in [0.05, 0.1) is 25.9 Å². The third kappa shape index (κ3) is 3.29. The van der Waals surface area contributed by atoms with Gasteiger partial charge >= 0.3 is 0 Å². The van der Waals surface area contributed by atoms with Crippen LogP contribution in [0.25, 0.3) is 0 Å². The van der Waals surface area contributed by atoms with Crippen LogP contribution in [0.2, 0.25) is 0 Å². The molecule has 0 amide bonds. The van der Waals surface area contributed by atoms with Crippen molar-refractivity contribution in [2.45, 2.75) is 12.5 Å². The quantitative estimate of drug-likeness (QED) is 0.910. The lowest BCUT2D eigenvalue weighted by Gasteiger charge is -2.17. The predicted molar refractivity (Wildman–Crippen MR) is 80.1 cm³/mol. The molecule has 1 aromatic heterocycles. The van der Waals surface area contributed by atoms with Crippen molar-refractivity contribution in [1.29, 1.82) is 0 Å². The van der Waals surface area contributed by atoms with Crippen LogP contribution in [0.5, 0.6) is 11.5 Å². The summed E-state index contributed by atoms with van der Waals surface area (Å²) in [7, 11) is 3.14. The minimum atomic E-state index is -0.741. The maximum Gasteiger partial charge on any atom is 0.128 e. The number of benzene rings is 1. The third-order valence-electron chi connectivity index (χ3n) is 2.99. The summed E-state index contributed by atoms with van der Waals surface area (Å²) >= 11 is 3.34. The van der Waals surface area contributed by atoms with Crippen LogP contribution in [-0.4, -0.2) is 24.3 Å². The number of nitrogens with zero attached hydrogens (tertiary/aromatic N) is 1. The molecule has 0 aliphatic rings. The van der Waals surface area contributed by atoms with Gasteiger partial charge in [-0.1, -0.05) is 6.07 Å². The first-order valence-corrected chi connectivity index (χ1v) is 6.94. The van der Waals surface area contributed by atoms with Crippen molar-refractivity contribution in [3.05, 3.63) is 52.3 Å². The number of ether oxygens (including phenoxy) is 2. The van der Waals surface area contributed by atoms with Crippen molar-refractivity contribution in [2.24, 2.45) is 0 Å². The van der Waals surface area contributed by atoms with E-state index < -0.39 is 6.10 Å². The van der Waals surface area contributed by atoms with Crippen molar-refractivity contribution in [3.8, 4) is 11.5 Å². The largest absolute Gasteiger partial charge is 0.496 e. The molecule has 2 rings (SSSR count). The summed E-state index contributed by atoms with van der Waals surface area (Å²) in [6.45, 7) is 0. The molecule has 20 heavy (non-hydrogen) atoms. The Kier molecular flexibility index (Phi) is 4.98. The Morgan fingerprint density at radius 2 is 1.80 bits per heavy atom. The molecule has 1 atom stereocenters. The second-order valence-corrected chi connectivity index (χ2v) is 5.18. The fraction of sp³-hybridized carbons (Fsp3) is 0.267. The molecule has 0 aliphatic heterocycles. The van der Waals surface area contributed by atoms with Gasteiger partial charge in [-0.25, -0.2) is 0 Å². The van der Waals surface area contributed by atoms with Crippen LogP contribution in [0.15, 0.2) is 41.0 Å². The van der Waals surface area contributed by atoms with Gasteiger partial charge in [0.25, 0.3) is 0 Å². The van der Waals surface area contributed by atoms with Crippen molar-refractivity contribution in [3.63, 3.8) is 0 Å².